The fraction of sp³-hybridized carbons (Fsp3) is 0.0526. The Balaban J connectivity index is 1.76. The Morgan fingerprint density at radius 3 is 2.54 bits per heavy atom. The molecule has 0 aromatic heterocycles. The highest BCUT2D eigenvalue weighted by molar-refractivity contribution is 8.18. The van der Waals surface area contributed by atoms with E-state index in [2.05, 4.69) is 0 Å². The molecule has 3 amide bonds. The number of carbonyl (C=O) groups is 4. The van der Waals surface area contributed by atoms with Crippen LogP contribution in [0.2, 0.25) is 5.02 Å². The van der Waals surface area contributed by atoms with Crippen LogP contribution in [-0.2, 0) is 9.59 Å². The maximum Gasteiger partial charge on any atom is 0.343 e. The molecule has 0 radical (unpaired) electrons. The molecule has 9 heteroatoms. The first-order chi connectivity index (χ1) is 13.3. The monoisotopic (exact) mass is 416 g/mol. The molecule has 1 saturated heterocycles. The molecule has 3 rings (SSSR count). The van der Waals surface area contributed by atoms with Gasteiger partial charge in [0.1, 0.15) is 12.3 Å². The minimum Gasteiger partial charge on any atom is -0.423 e. The molecular formula is C19H13ClN2O5S. The quantitative estimate of drug-likeness (QED) is 0.456. The summed E-state index contributed by atoms with van der Waals surface area (Å²) < 4.78 is 5.33. The van der Waals surface area contributed by atoms with Gasteiger partial charge < -0.3 is 10.5 Å². The molecule has 1 aliphatic rings. The Morgan fingerprint density at radius 1 is 1.14 bits per heavy atom. The zero-order valence-electron chi connectivity index (χ0n) is 14.3. The van der Waals surface area contributed by atoms with Crippen molar-refractivity contribution in [1.29, 1.82) is 0 Å². The summed E-state index contributed by atoms with van der Waals surface area (Å²) in [5.41, 5.74) is 5.93. The van der Waals surface area contributed by atoms with Gasteiger partial charge in [0.2, 0.25) is 5.91 Å². The molecule has 0 saturated carbocycles. The van der Waals surface area contributed by atoms with Crippen molar-refractivity contribution in [3.05, 3.63) is 69.6 Å². The van der Waals surface area contributed by atoms with Gasteiger partial charge in [-0.05, 0) is 59.8 Å². The molecule has 1 fully saturated rings. The van der Waals surface area contributed by atoms with Crippen LogP contribution in [0.15, 0.2) is 53.4 Å². The zero-order chi connectivity index (χ0) is 20.3. The van der Waals surface area contributed by atoms with Gasteiger partial charge >= 0.3 is 5.97 Å². The number of rotatable bonds is 5. The molecule has 2 aromatic carbocycles. The van der Waals surface area contributed by atoms with E-state index in [-0.39, 0.29) is 10.7 Å². The van der Waals surface area contributed by atoms with Crippen LogP contribution < -0.4 is 10.5 Å². The van der Waals surface area contributed by atoms with E-state index in [1.165, 1.54) is 6.08 Å². The number of hydrogen-bond acceptors (Lipinski definition) is 6. The fourth-order valence-electron chi connectivity index (χ4n) is 2.36. The number of nitrogens with zero attached hydrogens (tertiary/aromatic N) is 1. The number of esters is 1. The molecule has 0 bridgehead atoms. The summed E-state index contributed by atoms with van der Waals surface area (Å²) in [7, 11) is 0. The topological polar surface area (TPSA) is 107 Å². The molecule has 142 valence electrons. The predicted molar refractivity (Wildman–Crippen MR) is 105 cm³/mol. The number of benzene rings is 2. The normalized spacial score (nSPS) is 15.2. The number of primary amides is 1. The summed E-state index contributed by atoms with van der Waals surface area (Å²) in [6.07, 6.45) is 1.48. The van der Waals surface area contributed by atoms with Gasteiger partial charge in [-0.2, -0.15) is 0 Å². The number of carbonyl (C=O) groups excluding carboxylic acids is 4. The van der Waals surface area contributed by atoms with E-state index in [1.54, 1.807) is 48.5 Å². The lowest BCUT2D eigenvalue weighted by Crippen LogP contribution is -2.36. The number of halogens is 1. The van der Waals surface area contributed by atoms with Gasteiger partial charge in [0, 0.05) is 5.02 Å². The van der Waals surface area contributed by atoms with Crippen molar-refractivity contribution in [2.45, 2.75) is 0 Å². The van der Waals surface area contributed by atoms with Gasteiger partial charge in [0.15, 0.2) is 0 Å². The van der Waals surface area contributed by atoms with Gasteiger partial charge in [-0.25, -0.2) is 4.79 Å². The van der Waals surface area contributed by atoms with Crippen molar-refractivity contribution >= 4 is 52.5 Å². The van der Waals surface area contributed by atoms with Crippen molar-refractivity contribution in [3.63, 3.8) is 0 Å². The molecule has 0 aliphatic carbocycles. The highest BCUT2D eigenvalue weighted by Gasteiger charge is 2.35. The fourth-order valence-corrected chi connectivity index (χ4v) is 3.33. The van der Waals surface area contributed by atoms with Gasteiger partial charge in [-0.1, -0.05) is 23.7 Å². The lowest BCUT2D eigenvalue weighted by atomic mass is 10.2. The Bertz CT molecular complexity index is 1000. The number of thioether (sulfide) groups is 1. The predicted octanol–water partition coefficient (Wildman–Crippen LogP) is 3.08. The molecule has 0 atom stereocenters. The number of nitrogens with two attached hydrogens (primary N) is 1. The standard InChI is InChI=1S/C19H13ClN2O5S/c20-13-6-4-12(5-7-13)18(25)27-14-3-1-2-11(8-14)9-15-17(24)22(10-16(21)23)19(26)28-15/h1-9H,10H2,(H2,21,23)/b15-9-. The summed E-state index contributed by atoms with van der Waals surface area (Å²) in [5, 5.41) is -0.0656. The zero-order valence-corrected chi connectivity index (χ0v) is 15.8. The maximum atomic E-state index is 12.2. The average molecular weight is 417 g/mol. The smallest absolute Gasteiger partial charge is 0.343 e. The number of ether oxygens (including phenoxy) is 1. The molecule has 0 spiro atoms. The Labute approximate surface area is 169 Å². The number of hydrogen-bond donors (Lipinski definition) is 1. The largest absolute Gasteiger partial charge is 0.423 e. The van der Waals surface area contributed by atoms with Gasteiger partial charge in [0.05, 0.1) is 10.5 Å². The lowest BCUT2D eigenvalue weighted by molar-refractivity contribution is -0.127. The van der Waals surface area contributed by atoms with E-state index in [9.17, 15) is 19.2 Å². The molecular weight excluding hydrogens is 404 g/mol. The lowest BCUT2D eigenvalue weighted by Gasteiger charge is -2.08. The Kier molecular flexibility index (Phi) is 5.81. The minimum atomic E-state index is -0.778. The van der Waals surface area contributed by atoms with Crippen LogP contribution in [0.4, 0.5) is 4.79 Å². The third-order valence-corrected chi connectivity index (χ3v) is 4.79. The summed E-state index contributed by atoms with van der Waals surface area (Å²) in [5.74, 6) is -1.67. The Morgan fingerprint density at radius 2 is 1.86 bits per heavy atom. The van der Waals surface area contributed by atoms with Gasteiger partial charge in [0.25, 0.3) is 11.1 Å². The second-order valence-corrected chi connectivity index (χ2v) is 7.13. The minimum absolute atomic E-state index is 0.146. The summed E-state index contributed by atoms with van der Waals surface area (Å²) in [4.78, 5) is 48.2. The Hall–Kier alpha value is -3.10. The van der Waals surface area contributed by atoms with Crippen LogP contribution in [0.1, 0.15) is 15.9 Å². The van der Waals surface area contributed by atoms with E-state index >= 15 is 0 Å². The first-order valence-corrected chi connectivity index (χ1v) is 9.14. The first-order valence-electron chi connectivity index (χ1n) is 7.95. The highest BCUT2D eigenvalue weighted by Crippen LogP contribution is 2.32. The second kappa shape index (κ2) is 8.28. The summed E-state index contributed by atoms with van der Waals surface area (Å²) in [6.45, 7) is -0.471. The van der Waals surface area contributed by atoms with E-state index < -0.39 is 29.6 Å². The van der Waals surface area contributed by atoms with Crippen molar-refractivity contribution in [3.8, 4) is 5.75 Å². The maximum absolute atomic E-state index is 12.2. The third kappa shape index (κ3) is 4.59. The van der Waals surface area contributed by atoms with Crippen LogP contribution in [-0.4, -0.2) is 34.5 Å². The second-order valence-electron chi connectivity index (χ2n) is 5.70. The number of imide groups is 1. The molecule has 7 nitrogen and oxygen atoms in total. The molecule has 1 aliphatic heterocycles. The van der Waals surface area contributed by atoms with Crippen LogP contribution in [0, 0.1) is 0 Å². The first kappa shape index (κ1) is 19.7. The molecule has 28 heavy (non-hydrogen) atoms. The molecule has 1 heterocycles. The van der Waals surface area contributed by atoms with Crippen molar-refractivity contribution in [1.82, 2.24) is 4.90 Å². The number of amides is 3. The summed E-state index contributed by atoms with van der Waals surface area (Å²) >= 11 is 6.50. The van der Waals surface area contributed by atoms with E-state index in [0.29, 0.717) is 27.9 Å². The van der Waals surface area contributed by atoms with Gasteiger partial charge in [-0.15, -0.1) is 0 Å². The molecule has 2 N–H and O–H groups in total. The van der Waals surface area contributed by atoms with Crippen LogP contribution in [0.5, 0.6) is 5.75 Å². The third-order valence-electron chi connectivity index (χ3n) is 3.63. The SMILES string of the molecule is NC(=O)CN1C(=O)S/C(=C\c2cccc(OC(=O)c3ccc(Cl)cc3)c2)C1=O. The van der Waals surface area contributed by atoms with E-state index in [0.717, 1.165) is 4.90 Å². The van der Waals surface area contributed by atoms with Crippen LogP contribution in [0.25, 0.3) is 6.08 Å². The summed E-state index contributed by atoms with van der Waals surface area (Å²) in [6, 6.07) is 12.7. The van der Waals surface area contributed by atoms with Crippen LogP contribution in [0.3, 0.4) is 0 Å². The van der Waals surface area contributed by atoms with Crippen molar-refractivity contribution in [2.75, 3.05) is 6.54 Å². The van der Waals surface area contributed by atoms with E-state index in [4.69, 9.17) is 22.1 Å². The molecule has 2 aromatic rings. The van der Waals surface area contributed by atoms with Crippen molar-refractivity contribution < 1.29 is 23.9 Å². The van der Waals surface area contributed by atoms with Crippen molar-refractivity contribution in [2.24, 2.45) is 5.73 Å². The average Bonchev–Trinajstić information content (AvgIpc) is 2.89. The molecule has 0 unspecified atom stereocenters. The highest BCUT2D eigenvalue weighted by atomic mass is 35.5. The van der Waals surface area contributed by atoms with Gasteiger partial charge in [-0.3, -0.25) is 19.3 Å². The van der Waals surface area contributed by atoms with E-state index in [1.807, 2.05) is 0 Å². The van der Waals surface area contributed by atoms with Crippen LogP contribution >= 0.6 is 23.4 Å².